The molecule has 15 heavy (non-hydrogen) atoms. The molecule has 5 heteroatoms. The summed E-state index contributed by atoms with van der Waals surface area (Å²) < 4.78 is 0. The number of carbonyl (C=O) groups excluding carboxylic acids is 1. The molecule has 0 bridgehead atoms. The first-order valence-corrected chi connectivity index (χ1v) is 4.57. The zero-order chi connectivity index (χ0) is 11.1. The Morgan fingerprint density at radius 2 is 2.20 bits per heavy atom. The quantitative estimate of drug-likeness (QED) is 0.424. The van der Waals surface area contributed by atoms with Crippen LogP contribution in [0.4, 0.5) is 5.69 Å². The van der Waals surface area contributed by atoms with Crippen LogP contribution >= 0.6 is 0 Å². The Hall–Kier alpha value is -2.00. The van der Waals surface area contributed by atoms with Crippen molar-refractivity contribution in [3.05, 3.63) is 39.8 Å². The zero-order valence-electron chi connectivity index (χ0n) is 8.48. The standard InChI is InChI=1S/C10H10N4O/c1-10(2)8-4-3-6(13-14-11)5-7(8)9(15)12-10/h3-5H,1-2H3,(H,12,15). The molecule has 0 fully saturated rings. The van der Waals surface area contributed by atoms with E-state index < -0.39 is 0 Å². The number of amides is 1. The maximum atomic E-state index is 11.6. The molecule has 1 N–H and O–H groups in total. The van der Waals surface area contributed by atoms with Gasteiger partial charge in [-0.15, -0.1) is 0 Å². The van der Waals surface area contributed by atoms with Gasteiger partial charge in [-0.2, -0.15) is 0 Å². The number of nitrogens with zero attached hydrogens (tertiary/aromatic N) is 3. The normalized spacial score (nSPS) is 16.5. The molecule has 0 aliphatic carbocycles. The first-order chi connectivity index (χ1) is 7.04. The van der Waals surface area contributed by atoms with Crippen LogP contribution in [-0.2, 0) is 5.54 Å². The van der Waals surface area contributed by atoms with E-state index in [-0.39, 0.29) is 11.4 Å². The van der Waals surface area contributed by atoms with E-state index >= 15 is 0 Å². The van der Waals surface area contributed by atoms with Crippen LogP contribution in [0.25, 0.3) is 10.4 Å². The van der Waals surface area contributed by atoms with E-state index in [1.165, 1.54) is 0 Å². The highest BCUT2D eigenvalue weighted by Crippen LogP contribution is 2.32. The van der Waals surface area contributed by atoms with Gasteiger partial charge in [0, 0.05) is 16.2 Å². The van der Waals surface area contributed by atoms with Gasteiger partial charge in [-0.05, 0) is 31.0 Å². The number of nitrogens with one attached hydrogen (secondary N) is 1. The molecule has 2 rings (SSSR count). The van der Waals surface area contributed by atoms with E-state index in [4.69, 9.17) is 5.53 Å². The summed E-state index contributed by atoms with van der Waals surface area (Å²) in [4.78, 5) is 14.3. The molecule has 1 aromatic rings. The average molecular weight is 202 g/mol. The van der Waals surface area contributed by atoms with Crippen molar-refractivity contribution in [2.75, 3.05) is 0 Å². The van der Waals surface area contributed by atoms with E-state index in [2.05, 4.69) is 15.3 Å². The highest BCUT2D eigenvalue weighted by molar-refractivity contribution is 6.00. The minimum atomic E-state index is -0.346. The summed E-state index contributed by atoms with van der Waals surface area (Å²) in [5, 5.41) is 6.32. The van der Waals surface area contributed by atoms with Crippen molar-refractivity contribution in [2.45, 2.75) is 19.4 Å². The van der Waals surface area contributed by atoms with Crippen LogP contribution in [0.15, 0.2) is 23.3 Å². The number of hydrogen-bond donors (Lipinski definition) is 1. The van der Waals surface area contributed by atoms with Gasteiger partial charge in [-0.1, -0.05) is 17.2 Å². The van der Waals surface area contributed by atoms with Gasteiger partial charge in [0.05, 0.1) is 5.54 Å². The molecule has 1 aliphatic heterocycles. The minimum absolute atomic E-state index is 0.120. The molecular formula is C10H10N4O. The summed E-state index contributed by atoms with van der Waals surface area (Å²) in [6, 6.07) is 5.14. The molecule has 5 nitrogen and oxygen atoms in total. The number of azide groups is 1. The van der Waals surface area contributed by atoms with Crippen LogP contribution in [-0.4, -0.2) is 5.91 Å². The first-order valence-electron chi connectivity index (χ1n) is 4.57. The topological polar surface area (TPSA) is 77.9 Å². The van der Waals surface area contributed by atoms with E-state index in [1.54, 1.807) is 12.1 Å². The molecular weight excluding hydrogens is 192 g/mol. The fraction of sp³-hybridized carbons (Fsp3) is 0.300. The Bertz CT molecular complexity index is 486. The summed E-state index contributed by atoms with van der Waals surface area (Å²) >= 11 is 0. The molecule has 0 saturated carbocycles. The highest BCUT2D eigenvalue weighted by Gasteiger charge is 2.34. The number of benzene rings is 1. The van der Waals surface area contributed by atoms with Crippen molar-refractivity contribution < 1.29 is 4.79 Å². The van der Waals surface area contributed by atoms with Crippen molar-refractivity contribution in [3.8, 4) is 0 Å². The zero-order valence-corrected chi connectivity index (χ0v) is 8.48. The summed E-state index contributed by atoms with van der Waals surface area (Å²) in [7, 11) is 0. The van der Waals surface area contributed by atoms with Gasteiger partial charge >= 0.3 is 0 Å². The second-order valence-corrected chi connectivity index (χ2v) is 4.00. The van der Waals surface area contributed by atoms with Crippen molar-refractivity contribution in [1.29, 1.82) is 0 Å². The Kier molecular flexibility index (Phi) is 1.91. The SMILES string of the molecule is CC1(C)NC(=O)c2cc(N=[N+]=[N-])ccc21. The smallest absolute Gasteiger partial charge is 0.252 e. The van der Waals surface area contributed by atoms with Crippen LogP contribution < -0.4 is 5.32 Å². The van der Waals surface area contributed by atoms with Gasteiger partial charge in [0.25, 0.3) is 5.91 Å². The maximum Gasteiger partial charge on any atom is 0.252 e. The summed E-state index contributed by atoms with van der Waals surface area (Å²) in [5.74, 6) is -0.120. The van der Waals surface area contributed by atoms with Crippen LogP contribution in [0.2, 0.25) is 0 Å². The van der Waals surface area contributed by atoms with E-state index in [1.807, 2.05) is 19.9 Å². The van der Waals surface area contributed by atoms with Gasteiger partial charge in [0.15, 0.2) is 0 Å². The molecule has 1 aromatic carbocycles. The summed E-state index contributed by atoms with van der Waals surface area (Å²) in [6.07, 6.45) is 0. The average Bonchev–Trinajstić information content (AvgIpc) is 2.38. The van der Waals surface area contributed by atoms with Gasteiger partial charge < -0.3 is 5.32 Å². The number of rotatable bonds is 1. The third-order valence-electron chi connectivity index (χ3n) is 2.51. The van der Waals surface area contributed by atoms with Gasteiger partial charge in [0.2, 0.25) is 0 Å². The number of hydrogen-bond acceptors (Lipinski definition) is 2. The maximum absolute atomic E-state index is 11.6. The largest absolute Gasteiger partial charge is 0.343 e. The van der Waals surface area contributed by atoms with Crippen LogP contribution in [0.1, 0.15) is 29.8 Å². The summed E-state index contributed by atoms with van der Waals surface area (Å²) in [6.45, 7) is 3.87. The van der Waals surface area contributed by atoms with Crippen LogP contribution in [0, 0.1) is 0 Å². The molecule has 76 valence electrons. The third-order valence-corrected chi connectivity index (χ3v) is 2.51. The van der Waals surface area contributed by atoms with E-state index in [9.17, 15) is 4.79 Å². The fourth-order valence-corrected chi connectivity index (χ4v) is 1.80. The van der Waals surface area contributed by atoms with Crippen LogP contribution in [0.5, 0.6) is 0 Å². The molecule has 1 amide bonds. The predicted octanol–water partition coefficient (Wildman–Crippen LogP) is 2.61. The lowest BCUT2D eigenvalue weighted by Crippen LogP contribution is -2.32. The van der Waals surface area contributed by atoms with Crippen molar-refractivity contribution in [3.63, 3.8) is 0 Å². The Labute approximate surface area is 86.7 Å². The van der Waals surface area contributed by atoms with Crippen molar-refractivity contribution in [2.24, 2.45) is 5.11 Å². The minimum Gasteiger partial charge on any atom is -0.343 e. The third kappa shape index (κ3) is 1.43. The molecule has 1 heterocycles. The first kappa shape index (κ1) is 9.55. The molecule has 0 atom stereocenters. The van der Waals surface area contributed by atoms with Crippen LogP contribution in [0.3, 0.4) is 0 Å². The lowest BCUT2D eigenvalue weighted by molar-refractivity contribution is 0.0940. The van der Waals surface area contributed by atoms with Gasteiger partial charge in [0.1, 0.15) is 0 Å². The lowest BCUT2D eigenvalue weighted by Gasteiger charge is -2.18. The second kappa shape index (κ2) is 3.00. The fourth-order valence-electron chi connectivity index (χ4n) is 1.80. The Morgan fingerprint density at radius 1 is 1.47 bits per heavy atom. The summed E-state index contributed by atoms with van der Waals surface area (Å²) in [5.41, 5.74) is 9.93. The number of carbonyl (C=O) groups is 1. The van der Waals surface area contributed by atoms with Crippen molar-refractivity contribution >= 4 is 11.6 Å². The number of fused-ring (bicyclic) bond motifs is 1. The molecule has 0 spiro atoms. The molecule has 1 aliphatic rings. The van der Waals surface area contributed by atoms with Crippen molar-refractivity contribution in [1.82, 2.24) is 5.32 Å². The van der Waals surface area contributed by atoms with Gasteiger partial charge in [-0.25, -0.2) is 0 Å². The monoisotopic (exact) mass is 202 g/mol. The lowest BCUT2D eigenvalue weighted by atomic mass is 9.94. The predicted molar refractivity (Wildman–Crippen MR) is 55.7 cm³/mol. The molecule has 0 radical (unpaired) electrons. The molecule has 0 aromatic heterocycles. The van der Waals surface area contributed by atoms with Gasteiger partial charge in [-0.3, -0.25) is 4.79 Å². The van der Waals surface area contributed by atoms with E-state index in [0.717, 1.165) is 5.56 Å². The highest BCUT2D eigenvalue weighted by atomic mass is 16.2. The molecule has 0 saturated heterocycles. The Balaban J connectivity index is 2.60. The van der Waals surface area contributed by atoms with E-state index in [0.29, 0.717) is 11.3 Å². The molecule has 0 unspecified atom stereocenters. The Morgan fingerprint density at radius 3 is 2.87 bits per heavy atom. The second-order valence-electron chi connectivity index (χ2n) is 4.00.